The summed E-state index contributed by atoms with van der Waals surface area (Å²) in [6, 6.07) is 9.57. The van der Waals surface area contributed by atoms with E-state index in [1.54, 1.807) is 6.92 Å². The van der Waals surface area contributed by atoms with Crippen LogP contribution in [0.4, 0.5) is 13.2 Å². The van der Waals surface area contributed by atoms with Gasteiger partial charge >= 0.3 is 6.18 Å². The zero-order chi connectivity index (χ0) is 16.9. The van der Waals surface area contributed by atoms with E-state index in [0.717, 1.165) is 19.6 Å². The number of nitrogens with one attached hydrogen (secondary N) is 1. The molecule has 1 amide bonds. The van der Waals surface area contributed by atoms with Gasteiger partial charge in [-0.1, -0.05) is 30.3 Å². The molecule has 1 fully saturated rings. The highest BCUT2D eigenvalue weighted by Gasteiger charge is 2.31. The highest BCUT2D eigenvalue weighted by atomic mass is 19.4. The molecule has 2 rings (SSSR count). The number of carbonyl (C=O) groups excluding carboxylic acids is 1. The lowest BCUT2D eigenvalue weighted by Crippen LogP contribution is -2.54. The minimum Gasteiger partial charge on any atom is -0.346 e. The van der Waals surface area contributed by atoms with E-state index in [-0.39, 0.29) is 0 Å². The number of amides is 1. The van der Waals surface area contributed by atoms with E-state index in [0.29, 0.717) is 13.1 Å². The summed E-state index contributed by atoms with van der Waals surface area (Å²) < 4.78 is 36.4. The molecule has 1 aromatic carbocycles. The van der Waals surface area contributed by atoms with Gasteiger partial charge in [-0.05, 0) is 12.5 Å². The minimum atomic E-state index is -4.37. The highest BCUT2D eigenvalue weighted by molar-refractivity contribution is 5.81. The third-order valence-corrected chi connectivity index (χ3v) is 4.05. The van der Waals surface area contributed by atoms with E-state index in [2.05, 4.69) is 17.0 Å². The molecular formula is C16H22F3N3O. The van der Waals surface area contributed by atoms with Crippen molar-refractivity contribution in [2.24, 2.45) is 0 Å². The first kappa shape index (κ1) is 17.7. The van der Waals surface area contributed by atoms with E-state index in [1.807, 2.05) is 28.4 Å². The zero-order valence-electron chi connectivity index (χ0n) is 13.1. The number of rotatable bonds is 5. The molecule has 1 saturated heterocycles. The number of carbonyl (C=O) groups is 1. The molecule has 0 saturated carbocycles. The monoisotopic (exact) mass is 329 g/mol. The molecule has 1 aromatic rings. The number of hydrogen-bond acceptors (Lipinski definition) is 3. The van der Waals surface area contributed by atoms with Gasteiger partial charge in [0.05, 0.1) is 6.04 Å². The molecule has 0 spiro atoms. The summed E-state index contributed by atoms with van der Waals surface area (Å²) in [6.45, 7) is 4.17. The van der Waals surface area contributed by atoms with Crippen LogP contribution in [0.3, 0.4) is 0 Å². The molecule has 1 atom stereocenters. The maximum absolute atomic E-state index is 12.1. The molecular weight excluding hydrogens is 307 g/mol. The maximum atomic E-state index is 12.1. The Kier molecular flexibility index (Phi) is 6.01. The van der Waals surface area contributed by atoms with Gasteiger partial charge in [0, 0.05) is 32.7 Å². The van der Waals surface area contributed by atoms with Crippen LogP contribution in [0.2, 0.25) is 0 Å². The van der Waals surface area contributed by atoms with Gasteiger partial charge in [-0.25, -0.2) is 0 Å². The van der Waals surface area contributed by atoms with Gasteiger partial charge in [-0.2, -0.15) is 13.2 Å². The largest absolute Gasteiger partial charge is 0.405 e. The van der Waals surface area contributed by atoms with Crippen molar-refractivity contribution in [2.45, 2.75) is 25.7 Å². The lowest BCUT2D eigenvalue weighted by atomic mass is 10.1. The first-order valence-electron chi connectivity index (χ1n) is 7.70. The van der Waals surface area contributed by atoms with Gasteiger partial charge < -0.3 is 5.32 Å². The Morgan fingerprint density at radius 3 is 2.35 bits per heavy atom. The fourth-order valence-electron chi connectivity index (χ4n) is 2.65. The van der Waals surface area contributed by atoms with Crippen molar-refractivity contribution in [2.75, 3.05) is 32.7 Å². The lowest BCUT2D eigenvalue weighted by Gasteiger charge is -2.37. The van der Waals surface area contributed by atoms with Gasteiger partial charge in [0.25, 0.3) is 0 Å². The number of halogens is 3. The van der Waals surface area contributed by atoms with Gasteiger partial charge in [0.2, 0.25) is 5.91 Å². The number of benzene rings is 1. The zero-order valence-corrected chi connectivity index (χ0v) is 13.1. The van der Waals surface area contributed by atoms with Gasteiger partial charge in [-0.3, -0.25) is 14.6 Å². The van der Waals surface area contributed by atoms with Crippen LogP contribution in [-0.2, 0) is 11.3 Å². The van der Waals surface area contributed by atoms with Crippen molar-refractivity contribution < 1.29 is 18.0 Å². The minimum absolute atomic E-state index is 0.545. The Labute approximate surface area is 134 Å². The molecule has 1 heterocycles. The number of piperazine rings is 1. The summed E-state index contributed by atoms with van der Waals surface area (Å²) in [4.78, 5) is 16.0. The fraction of sp³-hybridized carbons (Fsp3) is 0.562. The summed E-state index contributed by atoms with van der Waals surface area (Å²) in [5.74, 6) is -0.571. The molecule has 0 bridgehead atoms. The predicted octanol–water partition coefficient (Wildman–Crippen LogP) is 1.87. The van der Waals surface area contributed by atoms with Crippen molar-refractivity contribution in [3.8, 4) is 0 Å². The first-order chi connectivity index (χ1) is 10.8. The molecule has 0 unspecified atom stereocenters. The van der Waals surface area contributed by atoms with E-state index >= 15 is 0 Å². The molecule has 1 aliphatic rings. The van der Waals surface area contributed by atoms with Crippen molar-refractivity contribution in [1.29, 1.82) is 0 Å². The summed E-state index contributed by atoms with van der Waals surface area (Å²) in [5.41, 5.74) is 1.23. The van der Waals surface area contributed by atoms with Crippen LogP contribution < -0.4 is 5.32 Å². The van der Waals surface area contributed by atoms with E-state index in [9.17, 15) is 18.0 Å². The molecule has 23 heavy (non-hydrogen) atoms. The number of hydrogen-bond donors (Lipinski definition) is 1. The predicted molar refractivity (Wildman–Crippen MR) is 81.8 cm³/mol. The summed E-state index contributed by atoms with van der Waals surface area (Å²) in [6.07, 6.45) is -4.37. The van der Waals surface area contributed by atoms with E-state index in [4.69, 9.17) is 0 Å². The Hall–Kier alpha value is -1.60. The summed E-state index contributed by atoms with van der Waals surface area (Å²) >= 11 is 0. The standard InChI is InChI=1S/C16H22F3N3O/c1-13(15(23)20-12-16(17,18)19)22-9-7-21(8-10-22)11-14-5-3-2-4-6-14/h2-6,13H,7-12H2,1H3,(H,20,23)/t13-/m1/s1. The molecule has 0 radical (unpaired) electrons. The third kappa shape index (κ3) is 5.84. The van der Waals surface area contributed by atoms with Gasteiger partial charge in [-0.15, -0.1) is 0 Å². The van der Waals surface area contributed by atoms with Crippen molar-refractivity contribution >= 4 is 5.91 Å². The number of nitrogens with zero attached hydrogens (tertiary/aromatic N) is 2. The molecule has 0 aromatic heterocycles. The summed E-state index contributed by atoms with van der Waals surface area (Å²) in [7, 11) is 0. The Morgan fingerprint density at radius 1 is 1.17 bits per heavy atom. The second-order valence-electron chi connectivity index (χ2n) is 5.81. The molecule has 7 heteroatoms. The fourth-order valence-corrected chi connectivity index (χ4v) is 2.65. The normalized spacial score (nSPS) is 18.6. The second-order valence-corrected chi connectivity index (χ2v) is 5.81. The van der Waals surface area contributed by atoms with E-state index < -0.39 is 24.7 Å². The van der Waals surface area contributed by atoms with Crippen molar-refractivity contribution in [3.63, 3.8) is 0 Å². The summed E-state index contributed by atoms with van der Waals surface area (Å²) in [5, 5.41) is 1.95. The Balaban J connectivity index is 1.76. The van der Waals surface area contributed by atoms with Crippen LogP contribution in [0.25, 0.3) is 0 Å². The molecule has 1 N–H and O–H groups in total. The molecule has 0 aliphatic carbocycles. The van der Waals surface area contributed by atoms with Crippen LogP contribution in [-0.4, -0.2) is 60.6 Å². The average Bonchev–Trinajstić information content (AvgIpc) is 2.53. The van der Waals surface area contributed by atoms with Crippen LogP contribution in [0, 0.1) is 0 Å². The molecule has 128 valence electrons. The maximum Gasteiger partial charge on any atom is 0.405 e. The van der Waals surface area contributed by atoms with Gasteiger partial charge in [0.15, 0.2) is 0 Å². The second kappa shape index (κ2) is 7.79. The smallest absolute Gasteiger partial charge is 0.346 e. The molecule has 4 nitrogen and oxygen atoms in total. The van der Waals surface area contributed by atoms with Crippen LogP contribution >= 0.6 is 0 Å². The Morgan fingerprint density at radius 2 is 1.78 bits per heavy atom. The van der Waals surface area contributed by atoms with Crippen molar-refractivity contribution in [3.05, 3.63) is 35.9 Å². The average molecular weight is 329 g/mol. The van der Waals surface area contributed by atoms with Crippen LogP contribution in [0.15, 0.2) is 30.3 Å². The van der Waals surface area contributed by atoms with Crippen molar-refractivity contribution in [1.82, 2.24) is 15.1 Å². The quantitative estimate of drug-likeness (QED) is 0.896. The van der Waals surface area contributed by atoms with Crippen LogP contribution in [0.5, 0.6) is 0 Å². The Bertz CT molecular complexity index is 499. The SMILES string of the molecule is C[C@H](C(=O)NCC(F)(F)F)N1CCN(Cc2ccccc2)CC1. The molecule has 1 aliphatic heterocycles. The highest BCUT2D eigenvalue weighted by Crippen LogP contribution is 2.13. The lowest BCUT2D eigenvalue weighted by molar-refractivity contribution is -0.141. The van der Waals surface area contributed by atoms with Crippen LogP contribution in [0.1, 0.15) is 12.5 Å². The number of alkyl halides is 3. The third-order valence-electron chi connectivity index (χ3n) is 4.05. The topological polar surface area (TPSA) is 35.6 Å². The van der Waals surface area contributed by atoms with Gasteiger partial charge in [0.1, 0.15) is 6.54 Å². The first-order valence-corrected chi connectivity index (χ1v) is 7.70. The van der Waals surface area contributed by atoms with E-state index in [1.165, 1.54) is 5.56 Å².